The third kappa shape index (κ3) is 4.25. The molecule has 1 fully saturated rings. The summed E-state index contributed by atoms with van der Waals surface area (Å²) in [4.78, 5) is 0. The highest BCUT2D eigenvalue weighted by molar-refractivity contribution is 6.54. The van der Waals surface area contributed by atoms with Crippen molar-refractivity contribution in [2.75, 3.05) is 0 Å². The molecular formula is C19H29BO3. The number of allylic oxidation sites excluding steroid dienone is 1. The molecule has 1 atom stereocenters. The van der Waals surface area contributed by atoms with Crippen LogP contribution >= 0.6 is 0 Å². The molecule has 0 aromatic heterocycles. The van der Waals surface area contributed by atoms with E-state index in [1.165, 1.54) is 0 Å². The van der Waals surface area contributed by atoms with Gasteiger partial charge >= 0.3 is 7.12 Å². The predicted molar refractivity (Wildman–Crippen MR) is 95.1 cm³/mol. The van der Waals surface area contributed by atoms with Crippen molar-refractivity contribution in [3.05, 3.63) is 47.4 Å². The Morgan fingerprint density at radius 2 is 1.70 bits per heavy atom. The minimum atomic E-state index is -0.637. The van der Waals surface area contributed by atoms with Gasteiger partial charge < -0.3 is 14.4 Å². The minimum Gasteiger partial charge on any atom is -0.400 e. The maximum absolute atomic E-state index is 10.5. The quantitative estimate of drug-likeness (QED) is 0.787. The van der Waals surface area contributed by atoms with Crippen LogP contribution in [0.25, 0.3) is 0 Å². The second-order valence-corrected chi connectivity index (χ2v) is 7.29. The Morgan fingerprint density at radius 3 is 2.22 bits per heavy atom. The number of hydrogen-bond donors (Lipinski definition) is 1. The van der Waals surface area contributed by atoms with Crippen molar-refractivity contribution in [1.82, 2.24) is 0 Å². The average Bonchev–Trinajstić information content (AvgIpc) is 2.72. The average molecular weight is 316 g/mol. The monoisotopic (exact) mass is 316 g/mol. The van der Waals surface area contributed by atoms with Crippen LogP contribution in [0.1, 0.15) is 65.5 Å². The van der Waals surface area contributed by atoms with E-state index in [0.717, 1.165) is 30.3 Å². The Morgan fingerprint density at radius 1 is 1.13 bits per heavy atom. The summed E-state index contributed by atoms with van der Waals surface area (Å²) >= 11 is 0. The van der Waals surface area contributed by atoms with E-state index in [0.29, 0.717) is 0 Å². The highest BCUT2D eigenvalue weighted by atomic mass is 16.7. The molecule has 0 radical (unpaired) electrons. The van der Waals surface area contributed by atoms with Crippen LogP contribution in [0.3, 0.4) is 0 Å². The lowest BCUT2D eigenvalue weighted by atomic mass is 9.74. The maximum Gasteiger partial charge on any atom is 0.490 e. The molecule has 23 heavy (non-hydrogen) atoms. The van der Waals surface area contributed by atoms with E-state index >= 15 is 0 Å². The lowest BCUT2D eigenvalue weighted by molar-refractivity contribution is 0.00578. The van der Waals surface area contributed by atoms with Gasteiger partial charge in [0.2, 0.25) is 0 Å². The van der Waals surface area contributed by atoms with E-state index in [-0.39, 0.29) is 18.3 Å². The second-order valence-electron chi connectivity index (χ2n) is 7.29. The first-order valence-electron chi connectivity index (χ1n) is 8.56. The molecule has 0 bridgehead atoms. The van der Waals surface area contributed by atoms with E-state index < -0.39 is 6.10 Å². The van der Waals surface area contributed by atoms with E-state index in [1.54, 1.807) is 0 Å². The molecule has 0 spiro atoms. The predicted octanol–water partition coefficient (Wildman–Crippen LogP) is 4.47. The van der Waals surface area contributed by atoms with E-state index in [9.17, 15) is 5.11 Å². The van der Waals surface area contributed by atoms with Crippen molar-refractivity contribution in [3.8, 4) is 0 Å². The first-order chi connectivity index (χ1) is 10.8. The first kappa shape index (κ1) is 18.2. The molecule has 1 aliphatic rings. The standard InChI is InChI=1S/C19H29BO3/c1-6-7-13-16(14-17(21)15-11-9-8-10-12-15)20-22-18(2,3)19(4,5)23-20/h8-12,14,17,21H,6-7,13H2,1-5H3/b16-14-. The largest absolute Gasteiger partial charge is 0.490 e. The van der Waals surface area contributed by atoms with Crippen LogP contribution in [0.4, 0.5) is 0 Å². The van der Waals surface area contributed by atoms with Crippen molar-refractivity contribution < 1.29 is 14.4 Å². The zero-order valence-corrected chi connectivity index (χ0v) is 15.0. The molecular weight excluding hydrogens is 287 g/mol. The van der Waals surface area contributed by atoms with Crippen molar-refractivity contribution >= 4 is 7.12 Å². The van der Waals surface area contributed by atoms with Gasteiger partial charge in [0.1, 0.15) is 0 Å². The van der Waals surface area contributed by atoms with Gasteiger partial charge in [0.15, 0.2) is 0 Å². The summed E-state index contributed by atoms with van der Waals surface area (Å²) in [6.45, 7) is 10.4. The summed E-state index contributed by atoms with van der Waals surface area (Å²) < 4.78 is 12.3. The molecule has 1 aromatic rings. The molecule has 0 amide bonds. The van der Waals surface area contributed by atoms with Crippen molar-refractivity contribution in [2.45, 2.75) is 71.2 Å². The first-order valence-corrected chi connectivity index (χ1v) is 8.56. The normalized spacial score (nSPS) is 21.5. The van der Waals surface area contributed by atoms with E-state index in [4.69, 9.17) is 9.31 Å². The number of aliphatic hydroxyl groups is 1. The Balaban J connectivity index is 2.22. The Labute approximate surface area is 140 Å². The fourth-order valence-corrected chi connectivity index (χ4v) is 2.60. The molecule has 1 heterocycles. The summed E-state index contributed by atoms with van der Waals surface area (Å²) in [5, 5.41) is 10.5. The zero-order valence-electron chi connectivity index (χ0n) is 15.0. The molecule has 1 aliphatic heterocycles. The van der Waals surface area contributed by atoms with Crippen LogP contribution in [0.5, 0.6) is 0 Å². The van der Waals surface area contributed by atoms with Gasteiger partial charge in [-0.3, -0.25) is 0 Å². The summed E-state index contributed by atoms with van der Waals surface area (Å²) in [7, 11) is -0.384. The second kappa shape index (κ2) is 7.21. The number of benzene rings is 1. The van der Waals surface area contributed by atoms with Crippen molar-refractivity contribution in [3.63, 3.8) is 0 Å². The van der Waals surface area contributed by atoms with E-state index in [2.05, 4.69) is 34.6 Å². The van der Waals surface area contributed by atoms with Gasteiger partial charge in [0, 0.05) is 0 Å². The fraction of sp³-hybridized carbons (Fsp3) is 0.579. The fourth-order valence-electron chi connectivity index (χ4n) is 2.60. The Kier molecular flexibility index (Phi) is 5.72. The lowest BCUT2D eigenvalue weighted by Gasteiger charge is -2.32. The lowest BCUT2D eigenvalue weighted by Crippen LogP contribution is -2.41. The van der Waals surface area contributed by atoms with Gasteiger partial charge in [-0.25, -0.2) is 0 Å². The third-order valence-corrected chi connectivity index (χ3v) is 4.89. The summed E-state index contributed by atoms with van der Waals surface area (Å²) in [6.07, 6.45) is 4.28. The van der Waals surface area contributed by atoms with Gasteiger partial charge in [-0.05, 0) is 45.2 Å². The molecule has 1 saturated heterocycles. The van der Waals surface area contributed by atoms with Crippen LogP contribution in [0.2, 0.25) is 0 Å². The molecule has 1 unspecified atom stereocenters. The SMILES string of the molecule is CCCC/C(=C/C(O)c1ccccc1)B1OC(C)(C)C(C)(C)O1. The molecule has 0 saturated carbocycles. The Hall–Kier alpha value is -1.10. The molecule has 0 aliphatic carbocycles. The Bertz CT molecular complexity index is 521. The molecule has 3 nitrogen and oxygen atoms in total. The van der Waals surface area contributed by atoms with Crippen LogP contribution in [-0.2, 0) is 9.31 Å². The maximum atomic E-state index is 10.5. The van der Waals surface area contributed by atoms with Crippen molar-refractivity contribution in [1.29, 1.82) is 0 Å². The molecule has 1 N–H and O–H groups in total. The highest BCUT2D eigenvalue weighted by Gasteiger charge is 2.52. The van der Waals surface area contributed by atoms with Gasteiger partial charge in [-0.1, -0.05) is 56.2 Å². The number of unbranched alkanes of at least 4 members (excludes halogenated alkanes) is 1. The smallest absolute Gasteiger partial charge is 0.400 e. The highest BCUT2D eigenvalue weighted by Crippen LogP contribution is 2.39. The van der Waals surface area contributed by atoms with Crippen LogP contribution < -0.4 is 0 Å². The van der Waals surface area contributed by atoms with Gasteiger partial charge in [-0.2, -0.15) is 0 Å². The zero-order chi connectivity index (χ0) is 17.1. The van der Waals surface area contributed by atoms with Crippen LogP contribution in [0, 0.1) is 0 Å². The minimum absolute atomic E-state index is 0.360. The third-order valence-electron chi connectivity index (χ3n) is 4.89. The van der Waals surface area contributed by atoms with Crippen LogP contribution in [0.15, 0.2) is 41.9 Å². The van der Waals surface area contributed by atoms with Crippen molar-refractivity contribution in [2.24, 2.45) is 0 Å². The van der Waals surface area contributed by atoms with Gasteiger partial charge in [0.25, 0.3) is 0 Å². The van der Waals surface area contributed by atoms with E-state index in [1.807, 2.05) is 36.4 Å². The number of hydrogen-bond acceptors (Lipinski definition) is 3. The summed E-state index contributed by atoms with van der Waals surface area (Å²) in [5.74, 6) is 0. The summed E-state index contributed by atoms with van der Waals surface area (Å²) in [5.41, 5.74) is 1.20. The number of aliphatic hydroxyl groups excluding tert-OH is 1. The van der Waals surface area contributed by atoms with Gasteiger partial charge in [-0.15, -0.1) is 0 Å². The van der Waals surface area contributed by atoms with Gasteiger partial charge in [0.05, 0.1) is 17.3 Å². The molecule has 126 valence electrons. The molecule has 1 aromatic carbocycles. The molecule has 2 rings (SSSR count). The summed E-state index contributed by atoms with van der Waals surface area (Å²) in [6, 6.07) is 9.69. The topological polar surface area (TPSA) is 38.7 Å². The van der Waals surface area contributed by atoms with Crippen LogP contribution in [-0.4, -0.2) is 23.4 Å². The molecule has 4 heteroatoms. The number of rotatable bonds is 6.